The van der Waals surface area contributed by atoms with Gasteiger partial charge in [0.2, 0.25) is 0 Å². The lowest BCUT2D eigenvalue weighted by molar-refractivity contribution is 0.627. The van der Waals surface area contributed by atoms with Crippen LogP contribution in [-0.4, -0.2) is 0 Å². The second-order valence-corrected chi connectivity index (χ2v) is 3.33. The second kappa shape index (κ2) is 3.62. The maximum atomic E-state index is 12.9. The van der Waals surface area contributed by atoms with E-state index in [1.165, 1.54) is 6.07 Å². The molecule has 0 amide bonds. The van der Waals surface area contributed by atoms with Gasteiger partial charge >= 0.3 is 0 Å². The Hall–Kier alpha value is -1.63. The molecule has 0 fully saturated rings. The smallest absolute Gasteiger partial charge is 0.123 e. The zero-order valence-corrected chi connectivity index (χ0v) is 8.00. The van der Waals surface area contributed by atoms with Crippen LogP contribution in [-0.2, 0) is 0 Å². The fraction of sp³-hybridized carbons (Fsp3) is 0.0769. The highest BCUT2D eigenvalue weighted by molar-refractivity contribution is 5.66. The number of hydrogen-bond donors (Lipinski definition) is 0. The van der Waals surface area contributed by atoms with Gasteiger partial charge in [0.05, 0.1) is 0 Å². The Kier molecular flexibility index (Phi) is 2.32. The molecule has 0 aliphatic rings. The average molecular weight is 186 g/mol. The first kappa shape index (κ1) is 8.95. The minimum atomic E-state index is -0.179. The minimum absolute atomic E-state index is 0.179. The van der Waals surface area contributed by atoms with Crippen LogP contribution >= 0.6 is 0 Å². The topological polar surface area (TPSA) is 0 Å². The molecule has 0 aliphatic heterocycles. The number of aryl methyl sites for hydroxylation is 1. The van der Waals surface area contributed by atoms with E-state index >= 15 is 0 Å². The molecule has 0 aliphatic carbocycles. The molecule has 0 saturated carbocycles. The van der Waals surface area contributed by atoms with E-state index in [-0.39, 0.29) is 5.82 Å². The highest BCUT2D eigenvalue weighted by Crippen LogP contribution is 2.23. The molecule has 2 rings (SSSR count). The van der Waals surface area contributed by atoms with Crippen molar-refractivity contribution in [3.63, 3.8) is 0 Å². The molecular weight excluding hydrogens is 175 g/mol. The van der Waals surface area contributed by atoms with E-state index in [1.807, 2.05) is 43.3 Å². The van der Waals surface area contributed by atoms with Gasteiger partial charge in [-0.1, -0.05) is 36.4 Å². The van der Waals surface area contributed by atoms with Gasteiger partial charge in [0, 0.05) is 0 Å². The van der Waals surface area contributed by atoms with Gasteiger partial charge < -0.3 is 0 Å². The van der Waals surface area contributed by atoms with E-state index in [0.29, 0.717) is 0 Å². The molecule has 0 radical (unpaired) electrons. The molecule has 1 heteroatoms. The van der Waals surface area contributed by atoms with Crippen molar-refractivity contribution in [3.8, 4) is 11.1 Å². The van der Waals surface area contributed by atoms with Gasteiger partial charge in [-0.3, -0.25) is 0 Å². The fourth-order valence-corrected chi connectivity index (χ4v) is 1.57. The largest absolute Gasteiger partial charge is 0.207 e. The highest BCUT2D eigenvalue weighted by Gasteiger charge is 2.01. The molecule has 0 aromatic heterocycles. The van der Waals surface area contributed by atoms with Crippen LogP contribution in [0.3, 0.4) is 0 Å². The molecule has 0 heterocycles. The summed E-state index contributed by atoms with van der Waals surface area (Å²) in [7, 11) is 0. The van der Waals surface area contributed by atoms with Crippen LogP contribution in [0.2, 0.25) is 0 Å². The molecule has 0 atom stereocenters. The summed E-state index contributed by atoms with van der Waals surface area (Å²) in [6.07, 6.45) is 0. The van der Waals surface area contributed by atoms with Crippen LogP contribution in [0.4, 0.5) is 4.39 Å². The summed E-state index contributed by atoms with van der Waals surface area (Å²) in [5.74, 6) is -0.179. The molecule has 0 N–H and O–H groups in total. The Balaban J connectivity index is 2.53. The van der Waals surface area contributed by atoms with Crippen LogP contribution in [0.25, 0.3) is 11.1 Å². The van der Waals surface area contributed by atoms with E-state index in [0.717, 1.165) is 16.7 Å². The van der Waals surface area contributed by atoms with Crippen LogP contribution in [0, 0.1) is 12.7 Å². The normalized spacial score (nSPS) is 10.1. The first-order valence-corrected chi connectivity index (χ1v) is 4.59. The standard InChI is InChI=1S/C13H11F/c1-10-9-12(14)7-8-13(10)11-5-3-2-4-6-11/h2-9H,1H3. The molecule has 2 aromatic carbocycles. The molecule has 0 spiro atoms. The van der Waals surface area contributed by atoms with Gasteiger partial charge in [-0.25, -0.2) is 4.39 Å². The van der Waals surface area contributed by atoms with Gasteiger partial charge in [0.25, 0.3) is 0 Å². The monoisotopic (exact) mass is 186 g/mol. The SMILES string of the molecule is Cc1cc(F)ccc1-c1ccccc1. The number of rotatable bonds is 1. The summed E-state index contributed by atoms with van der Waals surface area (Å²) < 4.78 is 12.9. The zero-order chi connectivity index (χ0) is 9.97. The lowest BCUT2D eigenvalue weighted by Crippen LogP contribution is -1.84. The van der Waals surface area contributed by atoms with Crippen LogP contribution in [0.15, 0.2) is 48.5 Å². The lowest BCUT2D eigenvalue weighted by atomic mass is 10.0. The van der Waals surface area contributed by atoms with Gasteiger partial charge in [-0.05, 0) is 35.7 Å². The maximum absolute atomic E-state index is 12.9. The molecule has 14 heavy (non-hydrogen) atoms. The predicted octanol–water partition coefficient (Wildman–Crippen LogP) is 3.80. The van der Waals surface area contributed by atoms with Crippen molar-refractivity contribution in [2.75, 3.05) is 0 Å². The van der Waals surface area contributed by atoms with Crippen molar-refractivity contribution < 1.29 is 4.39 Å². The van der Waals surface area contributed by atoms with Crippen LogP contribution in [0.5, 0.6) is 0 Å². The fourth-order valence-electron chi connectivity index (χ4n) is 1.57. The first-order chi connectivity index (χ1) is 6.77. The van der Waals surface area contributed by atoms with Crippen LogP contribution < -0.4 is 0 Å². The van der Waals surface area contributed by atoms with Gasteiger partial charge in [-0.15, -0.1) is 0 Å². The molecular formula is C13H11F. The molecule has 70 valence electrons. The van der Waals surface area contributed by atoms with E-state index in [9.17, 15) is 4.39 Å². The predicted molar refractivity (Wildman–Crippen MR) is 56.6 cm³/mol. The van der Waals surface area contributed by atoms with E-state index in [2.05, 4.69) is 0 Å². The average Bonchev–Trinajstić information content (AvgIpc) is 2.19. The van der Waals surface area contributed by atoms with Crippen molar-refractivity contribution >= 4 is 0 Å². The Labute approximate surface area is 83.0 Å². The quantitative estimate of drug-likeness (QED) is 0.635. The van der Waals surface area contributed by atoms with Crippen molar-refractivity contribution in [2.24, 2.45) is 0 Å². The number of benzene rings is 2. The van der Waals surface area contributed by atoms with Gasteiger partial charge in [0.15, 0.2) is 0 Å². The number of halogens is 1. The third kappa shape index (κ3) is 1.67. The summed E-state index contributed by atoms with van der Waals surface area (Å²) in [6.45, 7) is 1.92. The molecule has 2 aromatic rings. The Bertz CT molecular complexity index is 432. The summed E-state index contributed by atoms with van der Waals surface area (Å²) >= 11 is 0. The van der Waals surface area contributed by atoms with E-state index in [4.69, 9.17) is 0 Å². The molecule has 0 unspecified atom stereocenters. The van der Waals surface area contributed by atoms with Gasteiger partial charge in [0.1, 0.15) is 5.82 Å². The van der Waals surface area contributed by atoms with Crippen molar-refractivity contribution in [1.82, 2.24) is 0 Å². The summed E-state index contributed by atoms with van der Waals surface area (Å²) in [5.41, 5.74) is 3.19. The van der Waals surface area contributed by atoms with Crippen molar-refractivity contribution in [3.05, 3.63) is 59.9 Å². The van der Waals surface area contributed by atoms with E-state index in [1.54, 1.807) is 6.07 Å². The summed E-state index contributed by atoms with van der Waals surface area (Å²) in [5, 5.41) is 0. The maximum Gasteiger partial charge on any atom is 0.123 e. The Morgan fingerprint density at radius 2 is 1.64 bits per heavy atom. The molecule has 0 nitrogen and oxygen atoms in total. The lowest BCUT2D eigenvalue weighted by Gasteiger charge is -2.05. The minimum Gasteiger partial charge on any atom is -0.207 e. The third-order valence-electron chi connectivity index (χ3n) is 2.27. The number of hydrogen-bond acceptors (Lipinski definition) is 0. The Morgan fingerprint density at radius 1 is 0.929 bits per heavy atom. The van der Waals surface area contributed by atoms with Gasteiger partial charge in [-0.2, -0.15) is 0 Å². The second-order valence-electron chi connectivity index (χ2n) is 3.33. The van der Waals surface area contributed by atoms with E-state index < -0.39 is 0 Å². The third-order valence-corrected chi connectivity index (χ3v) is 2.27. The summed E-state index contributed by atoms with van der Waals surface area (Å²) in [4.78, 5) is 0. The zero-order valence-electron chi connectivity index (χ0n) is 8.00. The highest BCUT2D eigenvalue weighted by atomic mass is 19.1. The van der Waals surface area contributed by atoms with Crippen LogP contribution in [0.1, 0.15) is 5.56 Å². The Morgan fingerprint density at radius 3 is 2.29 bits per heavy atom. The van der Waals surface area contributed by atoms with Crippen molar-refractivity contribution in [1.29, 1.82) is 0 Å². The van der Waals surface area contributed by atoms with Crippen molar-refractivity contribution in [2.45, 2.75) is 6.92 Å². The molecule has 0 bridgehead atoms. The first-order valence-electron chi connectivity index (χ1n) is 4.59. The molecule has 0 saturated heterocycles. The summed E-state index contributed by atoms with van der Waals surface area (Å²) in [6, 6.07) is 14.9.